The summed E-state index contributed by atoms with van der Waals surface area (Å²) < 4.78 is 0. The molecule has 18 heavy (non-hydrogen) atoms. The van der Waals surface area contributed by atoms with E-state index in [1.165, 1.54) is 24.4 Å². The number of aromatic hydroxyl groups is 2. The average molecular weight is 245 g/mol. The van der Waals surface area contributed by atoms with Crippen molar-refractivity contribution in [3.63, 3.8) is 0 Å². The highest BCUT2D eigenvalue weighted by Crippen LogP contribution is 2.25. The molecule has 0 atom stereocenters. The number of carbonyl (C=O) groups is 1. The molecule has 0 aliphatic carbocycles. The van der Waals surface area contributed by atoms with Gasteiger partial charge in [-0.05, 0) is 30.3 Å². The van der Waals surface area contributed by atoms with Gasteiger partial charge in [-0.3, -0.25) is 4.79 Å². The summed E-state index contributed by atoms with van der Waals surface area (Å²) in [4.78, 5) is 15.6. The number of nitrogens with zero attached hydrogens (tertiary/aromatic N) is 1. The van der Waals surface area contributed by atoms with Gasteiger partial charge in [0, 0.05) is 5.56 Å². The Kier molecular flexibility index (Phi) is 3.01. The van der Waals surface area contributed by atoms with Gasteiger partial charge in [-0.25, -0.2) is 4.98 Å². The summed E-state index contributed by atoms with van der Waals surface area (Å²) in [6.45, 7) is 0. The molecule has 2 aromatic rings. The summed E-state index contributed by atoms with van der Waals surface area (Å²) in [7, 11) is 0. The zero-order valence-electron chi connectivity index (χ0n) is 9.29. The Balaban J connectivity index is 2.16. The molecule has 6 heteroatoms. The number of phenols is 2. The zero-order chi connectivity index (χ0) is 13.1. The van der Waals surface area contributed by atoms with Crippen molar-refractivity contribution in [2.75, 3.05) is 11.1 Å². The van der Waals surface area contributed by atoms with Crippen molar-refractivity contribution >= 4 is 17.4 Å². The van der Waals surface area contributed by atoms with E-state index in [9.17, 15) is 9.90 Å². The Hall–Kier alpha value is -2.76. The van der Waals surface area contributed by atoms with Crippen LogP contribution in [-0.4, -0.2) is 21.1 Å². The molecule has 92 valence electrons. The lowest BCUT2D eigenvalue weighted by Gasteiger charge is -2.06. The van der Waals surface area contributed by atoms with Gasteiger partial charge in [0.1, 0.15) is 5.82 Å². The monoisotopic (exact) mass is 245 g/mol. The van der Waals surface area contributed by atoms with Crippen LogP contribution < -0.4 is 11.1 Å². The highest BCUT2D eigenvalue weighted by molar-refractivity contribution is 6.04. The molecule has 0 aliphatic rings. The second-order valence-electron chi connectivity index (χ2n) is 3.63. The van der Waals surface area contributed by atoms with E-state index in [-0.39, 0.29) is 17.1 Å². The predicted octanol–water partition coefficient (Wildman–Crippen LogP) is 1.33. The van der Waals surface area contributed by atoms with E-state index < -0.39 is 5.91 Å². The van der Waals surface area contributed by atoms with Gasteiger partial charge < -0.3 is 21.3 Å². The van der Waals surface area contributed by atoms with Crippen molar-refractivity contribution in [3.05, 3.63) is 42.1 Å². The molecular formula is C12H11N3O3. The van der Waals surface area contributed by atoms with E-state index in [0.717, 1.165) is 0 Å². The van der Waals surface area contributed by atoms with Gasteiger partial charge in [0.2, 0.25) is 0 Å². The van der Waals surface area contributed by atoms with Crippen LogP contribution in [0.15, 0.2) is 36.5 Å². The van der Waals surface area contributed by atoms with Gasteiger partial charge in [0.05, 0.1) is 11.9 Å². The molecule has 6 nitrogen and oxygen atoms in total. The molecule has 1 aromatic heterocycles. The predicted molar refractivity (Wildman–Crippen MR) is 66.4 cm³/mol. The fourth-order valence-corrected chi connectivity index (χ4v) is 1.35. The second kappa shape index (κ2) is 4.62. The minimum Gasteiger partial charge on any atom is -0.504 e. The summed E-state index contributed by atoms with van der Waals surface area (Å²) in [6.07, 6.45) is 1.42. The molecule has 0 radical (unpaired) electrons. The molecule has 0 unspecified atom stereocenters. The quantitative estimate of drug-likeness (QED) is 0.597. The van der Waals surface area contributed by atoms with Crippen molar-refractivity contribution in [1.82, 2.24) is 4.98 Å². The van der Waals surface area contributed by atoms with E-state index in [0.29, 0.717) is 11.5 Å². The molecule has 0 bridgehead atoms. The highest BCUT2D eigenvalue weighted by Gasteiger charge is 2.09. The minimum atomic E-state index is -0.420. The van der Waals surface area contributed by atoms with Gasteiger partial charge in [-0.2, -0.15) is 0 Å². The van der Waals surface area contributed by atoms with Gasteiger partial charge in [0.25, 0.3) is 5.91 Å². The lowest BCUT2D eigenvalue weighted by atomic mass is 10.2. The maximum absolute atomic E-state index is 11.8. The Morgan fingerprint density at radius 3 is 2.56 bits per heavy atom. The van der Waals surface area contributed by atoms with Gasteiger partial charge in [0.15, 0.2) is 11.5 Å². The van der Waals surface area contributed by atoms with Crippen LogP contribution in [0.25, 0.3) is 0 Å². The summed E-state index contributed by atoms with van der Waals surface area (Å²) in [5, 5.41) is 21.0. The number of benzene rings is 1. The third-order valence-electron chi connectivity index (χ3n) is 2.28. The SMILES string of the molecule is Nc1ccc(NC(=O)c2ccc(O)c(O)c2)cn1. The Bertz CT molecular complexity index is 582. The van der Waals surface area contributed by atoms with Crippen molar-refractivity contribution in [2.45, 2.75) is 0 Å². The molecule has 0 saturated heterocycles. The molecular weight excluding hydrogens is 234 g/mol. The topological polar surface area (TPSA) is 108 Å². The van der Waals surface area contributed by atoms with Crippen molar-refractivity contribution in [2.24, 2.45) is 0 Å². The molecule has 1 aromatic carbocycles. The fraction of sp³-hybridized carbons (Fsp3) is 0. The number of nitrogens with one attached hydrogen (secondary N) is 1. The van der Waals surface area contributed by atoms with Crippen LogP contribution in [0.3, 0.4) is 0 Å². The van der Waals surface area contributed by atoms with Crippen LogP contribution in [0.5, 0.6) is 11.5 Å². The fourth-order valence-electron chi connectivity index (χ4n) is 1.35. The number of nitrogen functional groups attached to an aromatic ring is 1. The number of carbonyl (C=O) groups excluding carboxylic acids is 1. The Morgan fingerprint density at radius 1 is 1.17 bits per heavy atom. The number of phenolic OH excluding ortho intramolecular Hbond substituents is 2. The van der Waals surface area contributed by atoms with Crippen molar-refractivity contribution < 1.29 is 15.0 Å². The van der Waals surface area contributed by atoms with Crippen molar-refractivity contribution in [1.29, 1.82) is 0 Å². The molecule has 1 amide bonds. The summed E-state index contributed by atoms with van der Waals surface area (Å²) in [5.41, 5.74) is 6.13. The molecule has 5 N–H and O–H groups in total. The summed E-state index contributed by atoms with van der Waals surface area (Å²) in [5.74, 6) is -0.689. The lowest BCUT2D eigenvalue weighted by molar-refractivity contribution is 0.102. The first kappa shape index (κ1) is 11.7. The van der Waals surface area contributed by atoms with Gasteiger partial charge >= 0.3 is 0 Å². The Labute approximate surface area is 103 Å². The number of anilines is 2. The maximum atomic E-state index is 11.8. The molecule has 0 saturated carbocycles. The third-order valence-corrected chi connectivity index (χ3v) is 2.28. The smallest absolute Gasteiger partial charge is 0.255 e. The number of hydrogen-bond acceptors (Lipinski definition) is 5. The lowest BCUT2D eigenvalue weighted by Crippen LogP contribution is -2.11. The van der Waals surface area contributed by atoms with E-state index >= 15 is 0 Å². The zero-order valence-corrected chi connectivity index (χ0v) is 9.29. The van der Waals surface area contributed by atoms with Crippen LogP contribution in [0.2, 0.25) is 0 Å². The van der Waals surface area contributed by atoms with Crippen molar-refractivity contribution in [3.8, 4) is 11.5 Å². The van der Waals surface area contributed by atoms with Crippen LogP contribution in [-0.2, 0) is 0 Å². The number of rotatable bonds is 2. The largest absolute Gasteiger partial charge is 0.504 e. The average Bonchev–Trinajstić information content (AvgIpc) is 2.35. The molecule has 1 heterocycles. The van der Waals surface area contributed by atoms with E-state index in [4.69, 9.17) is 10.8 Å². The second-order valence-corrected chi connectivity index (χ2v) is 3.63. The summed E-state index contributed by atoms with van der Waals surface area (Å²) >= 11 is 0. The van der Waals surface area contributed by atoms with E-state index in [1.807, 2.05) is 0 Å². The number of pyridine rings is 1. The summed E-state index contributed by atoms with van der Waals surface area (Å²) in [6, 6.07) is 6.99. The van der Waals surface area contributed by atoms with Crippen LogP contribution in [0, 0.1) is 0 Å². The van der Waals surface area contributed by atoms with Crippen LogP contribution >= 0.6 is 0 Å². The van der Waals surface area contributed by atoms with Crippen LogP contribution in [0.1, 0.15) is 10.4 Å². The van der Waals surface area contributed by atoms with E-state index in [1.54, 1.807) is 12.1 Å². The van der Waals surface area contributed by atoms with Gasteiger partial charge in [-0.15, -0.1) is 0 Å². The first-order chi connectivity index (χ1) is 8.56. The normalized spacial score (nSPS) is 10.0. The number of amides is 1. The minimum absolute atomic E-state index is 0.224. The molecule has 2 rings (SSSR count). The molecule has 0 spiro atoms. The number of hydrogen-bond donors (Lipinski definition) is 4. The number of aromatic nitrogens is 1. The third kappa shape index (κ3) is 2.49. The first-order valence-electron chi connectivity index (χ1n) is 5.11. The standard InChI is InChI=1S/C12H11N3O3/c13-11-4-2-8(6-14-11)15-12(18)7-1-3-9(16)10(17)5-7/h1-6,16-17H,(H2,13,14)(H,15,18). The highest BCUT2D eigenvalue weighted by atomic mass is 16.3. The maximum Gasteiger partial charge on any atom is 0.255 e. The first-order valence-corrected chi connectivity index (χ1v) is 5.11. The Morgan fingerprint density at radius 2 is 1.94 bits per heavy atom. The van der Waals surface area contributed by atoms with Crippen LogP contribution in [0.4, 0.5) is 11.5 Å². The number of nitrogens with two attached hydrogens (primary N) is 1. The molecule has 0 aliphatic heterocycles. The van der Waals surface area contributed by atoms with Gasteiger partial charge in [-0.1, -0.05) is 0 Å². The molecule has 0 fully saturated rings. The van der Waals surface area contributed by atoms with E-state index in [2.05, 4.69) is 10.3 Å².